The van der Waals surface area contributed by atoms with Gasteiger partial charge in [-0.2, -0.15) is 4.98 Å². The number of hydrogen-bond donors (Lipinski definition) is 0. The maximum Gasteiger partial charge on any atom is 0.397 e. The largest absolute Gasteiger partial charge is 0.450 e. The van der Waals surface area contributed by atoms with Crippen LogP contribution in [0.5, 0.6) is 6.08 Å². The zero-order chi connectivity index (χ0) is 21.4. The van der Waals surface area contributed by atoms with E-state index in [1.807, 2.05) is 0 Å². The number of carbonyl (C=O) groups excluding carboxylic acids is 1. The number of aromatic nitrogens is 1. The van der Waals surface area contributed by atoms with Gasteiger partial charge in [0.15, 0.2) is 0 Å². The second kappa shape index (κ2) is 14.8. The van der Waals surface area contributed by atoms with E-state index in [0.717, 1.165) is 12.8 Å². The molecule has 2 aromatic rings. The van der Waals surface area contributed by atoms with E-state index in [0.29, 0.717) is 29.4 Å². The molecule has 0 unspecified atom stereocenters. The second-order valence-electron chi connectivity index (χ2n) is 8.11. The molecule has 0 bridgehead atoms. The van der Waals surface area contributed by atoms with Gasteiger partial charge in [0.05, 0.1) is 17.5 Å². The Kier molecular flexibility index (Phi) is 11.9. The van der Waals surface area contributed by atoms with Gasteiger partial charge in [0, 0.05) is 5.56 Å². The summed E-state index contributed by atoms with van der Waals surface area (Å²) in [7, 11) is 0. The number of fused-ring (bicyclic) bond motifs is 1. The Labute approximate surface area is 180 Å². The molecule has 0 aliphatic heterocycles. The highest BCUT2D eigenvalue weighted by Crippen LogP contribution is 2.15. The highest BCUT2D eigenvalue weighted by molar-refractivity contribution is 5.85. The first-order valence-electron chi connectivity index (χ1n) is 11.8. The minimum absolute atomic E-state index is 0.000970. The number of aldehydes is 1. The van der Waals surface area contributed by atoms with E-state index in [1.165, 1.54) is 83.1 Å². The molecular formula is C25H37NO4. The summed E-state index contributed by atoms with van der Waals surface area (Å²) in [6.45, 7) is 2.76. The van der Waals surface area contributed by atoms with E-state index in [9.17, 15) is 9.59 Å². The molecule has 5 nitrogen and oxygen atoms in total. The van der Waals surface area contributed by atoms with Crippen LogP contribution in [-0.2, 0) is 0 Å². The lowest BCUT2D eigenvalue weighted by Gasteiger charge is -2.05. The zero-order valence-corrected chi connectivity index (χ0v) is 18.5. The normalized spacial score (nSPS) is 11.1. The molecule has 0 aliphatic rings. The van der Waals surface area contributed by atoms with Gasteiger partial charge in [0.25, 0.3) is 0 Å². The van der Waals surface area contributed by atoms with Crippen LogP contribution in [-0.4, -0.2) is 17.9 Å². The van der Waals surface area contributed by atoms with Crippen molar-refractivity contribution in [2.45, 2.75) is 96.8 Å². The molecule has 0 amide bonds. The summed E-state index contributed by atoms with van der Waals surface area (Å²) in [5, 5.41) is 0.295. The van der Waals surface area contributed by atoms with Crippen LogP contribution in [0.2, 0.25) is 0 Å². The van der Waals surface area contributed by atoms with Crippen LogP contribution < -0.4 is 10.4 Å². The first-order valence-corrected chi connectivity index (χ1v) is 11.8. The number of unbranched alkanes of at least 4 members (excludes halogenated alkanes) is 13. The van der Waals surface area contributed by atoms with Gasteiger partial charge in [-0.15, -0.1) is 0 Å². The van der Waals surface area contributed by atoms with Gasteiger partial charge < -0.3 is 9.15 Å². The van der Waals surface area contributed by atoms with Crippen molar-refractivity contribution in [2.75, 3.05) is 6.61 Å². The topological polar surface area (TPSA) is 69.4 Å². The molecule has 1 aromatic carbocycles. The van der Waals surface area contributed by atoms with Gasteiger partial charge in [0.2, 0.25) is 0 Å². The van der Waals surface area contributed by atoms with Gasteiger partial charge in [-0.25, -0.2) is 4.79 Å². The Morgan fingerprint density at radius 3 is 2.00 bits per heavy atom. The molecule has 0 fully saturated rings. The lowest BCUT2D eigenvalue weighted by Crippen LogP contribution is -2.06. The van der Waals surface area contributed by atoms with E-state index in [4.69, 9.17) is 9.15 Å². The minimum Gasteiger partial charge on any atom is -0.450 e. The standard InChI is InChI=1S/C25H37NO4/c1-2-3-4-5-6-7-8-9-10-11-12-13-14-15-18-29-25-26-23-17-16-21(20-27)19-22(23)24(28)30-25/h16-17,19-20H,2-15,18H2,1H3. The van der Waals surface area contributed by atoms with Crippen molar-refractivity contribution in [1.82, 2.24) is 4.98 Å². The number of hydrogen-bond acceptors (Lipinski definition) is 5. The fraction of sp³-hybridized carbons (Fsp3) is 0.640. The Balaban J connectivity index is 1.49. The van der Waals surface area contributed by atoms with Crippen molar-refractivity contribution in [1.29, 1.82) is 0 Å². The van der Waals surface area contributed by atoms with Crippen LogP contribution in [0.3, 0.4) is 0 Å². The lowest BCUT2D eigenvalue weighted by molar-refractivity contribution is 0.112. The van der Waals surface area contributed by atoms with E-state index in [1.54, 1.807) is 12.1 Å². The smallest absolute Gasteiger partial charge is 0.397 e. The highest BCUT2D eigenvalue weighted by atomic mass is 16.6. The number of benzene rings is 1. The second-order valence-corrected chi connectivity index (χ2v) is 8.11. The number of carbonyl (C=O) groups is 1. The fourth-order valence-electron chi connectivity index (χ4n) is 3.66. The van der Waals surface area contributed by atoms with Crippen molar-refractivity contribution in [2.24, 2.45) is 0 Å². The SMILES string of the molecule is CCCCCCCCCCCCCCCCOc1nc2ccc(C=O)cc2c(=O)o1. The molecule has 0 N–H and O–H groups in total. The summed E-state index contributed by atoms with van der Waals surface area (Å²) in [6, 6.07) is 4.74. The van der Waals surface area contributed by atoms with E-state index in [-0.39, 0.29) is 6.08 Å². The summed E-state index contributed by atoms with van der Waals surface area (Å²) < 4.78 is 10.6. The average Bonchev–Trinajstić information content (AvgIpc) is 2.76. The van der Waals surface area contributed by atoms with Crippen molar-refractivity contribution in [3.8, 4) is 6.08 Å². The average molecular weight is 416 g/mol. The predicted molar refractivity (Wildman–Crippen MR) is 121 cm³/mol. The molecule has 1 heterocycles. The molecule has 5 heteroatoms. The summed E-state index contributed by atoms with van der Waals surface area (Å²) in [6.07, 6.45) is 19.0. The first kappa shape index (κ1) is 24.1. The van der Waals surface area contributed by atoms with Crippen LogP contribution in [0.25, 0.3) is 10.9 Å². The van der Waals surface area contributed by atoms with Crippen LogP contribution in [0, 0.1) is 0 Å². The monoisotopic (exact) mass is 415 g/mol. The number of nitrogens with zero attached hydrogens (tertiary/aromatic N) is 1. The maximum atomic E-state index is 12.0. The zero-order valence-electron chi connectivity index (χ0n) is 18.5. The molecule has 0 radical (unpaired) electrons. The highest BCUT2D eigenvalue weighted by Gasteiger charge is 2.08. The van der Waals surface area contributed by atoms with Crippen molar-refractivity contribution in [3.05, 3.63) is 34.2 Å². The van der Waals surface area contributed by atoms with Gasteiger partial charge in [-0.05, 0) is 24.6 Å². The fourth-order valence-corrected chi connectivity index (χ4v) is 3.66. The van der Waals surface area contributed by atoms with Crippen molar-refractivity contribution in [3.63, 3.8) is 0 Å². The van der Waals surface area contributed by atoms with Gasteiger partial charge in [-0.3, -0.25) is 4.79 Å². The first-order chi connectivity index (χ1) is 14.7. The van der Waals surface area contributed by atoms with Crippen LogP contribution in [0.4, 0.5) is 0 Å². The van der Waals surface area contributed by atoms with Gasteiger partial charge in [-0.1, -0.05) is 90.4 Å². The molecule has 1 aromatic heterocycles. The van der Waals surface area contributed by atoms with Gasteiger partial charge in [0.1, 0.15) is 6.29 Å². The third-order valence-corrected chi connectivity index (χ3v) is 5.49. The third-order valence-electron chi connectivity index (χ3n) is 5.49. The number of ether oxygens (including phenoxy) is 1. The molecule has 0 aliphatic carbocycles. The van der Waals surface area contributed by atoms with E-state index >= 15 is 0 Å². The van der Waals surface area contributed by atoms with Crippen LogP contribution in [0.1, 0.15) is 107 Å². The maximum absolute atomic E-state index is 12.0. The predicted octanol–water partition coefficient (Wildman–Crippen LogP) is 6.86. The lowest BCUT2D eigenvalue weighted by atomic mass is 10.0. The minimum atomic E-state index is -0.528. The van der Waals surface area contributed by atoms with Crippen LogP contribution in [0.15, 0.2) is 27.4 Å². The molecule has 30 heavy (non-hydrogen) atoms. The quantitative estimate of drug-likeness (QED) is 0.208. The Bertz CT molecular complexity index is 799. The molecule has 2 rings (SSSR count). The molecule has 0 spiro atoms. The Morgan fingerprint density at radius 1 is 0.867 bits per heavy atom. The molecule has 0 saturated carbocycles. The molecule has 166 valence electrons. The Hall–Kier alpha value is -2.17. The molecule has 0 atom stereocenters. The molecule has 0 saturated heterocycles. The summed E-state index contributed by atoms with van der Waals surface area (Å²) >= 11 is 0. The van der Waals surface area contributed by atoms with Crippen molar-refractivity contribution >= 4 is 17.2 Å². The van der Waals surface area contributed by atoms with Crippen LogP contribution >= 0.6 is 0 Å². The summed E-state index contributed by atoms with van der Waals surface area (Å²) in [4.78, 5) is 27.1. The van der Waals surface area contributed by atoms with Crippen molar-refractivity contribution < 1.29 is 13.9 Å². The molecular weight excluding hydrogens is 378 g/mol. The third kappa shape index (κ3) is 9.10. The summed E-state index contributed by atoms with van der Waals surface area (Å²) in [5.41, 5.74) is 0.375. The Morgan fingerprint density at radius 2 is 1.43 bits per heavy atom. The van der Waals surface area contributed by atoms with E-state index < -0.39 is 5.63 Å². The number of rotatable bonds is 17. The summed E-state index contributed by atoms with van der Waals surface area (Å²) in [5.74, 6) is 0. The van der Waals surface area contributed by atoms with Gasteiger partial charge >= 0.3 is 11.7 Å². The van der Waals surface area contributed by atoms with E-state index in [2.05, 4.69) is 11.9 Å².